The molecule has 0 unspecified atom stereocenters. The molecule has 6 heteroatoms. The lowest BCUT2D eigenvalue weighted by molar-refractivity contribution is 0.304. The van der Waals surface area contributed by atoms with Crippen molar-refractivity contribution in [2.45, 2.75) is 37.8 Å². The quantitative estimate of drug-likeness (QED) is 0.915. The first kappa shape index (κ1) is 15.4. The highest BCUT2D eigenvalue weighted by atomic mass is 35.5. The van der Waals surface area contributed by atoms with Gasteiger partial charge in [-0.25, -0.2) is 4.68 Å². The van der Waals surface area contributed by atoms with Crippen molar-refractivity contribution in [3.05, 3.63) is 56.9 Å². The van der Waals surface area contributed by atoms with E-state index in [1.54, 1.807) is 0 Å². The van der Waals surface area contributed by atoms with E-state index in [1.807, 2.05) is 18.2 Å². The molecule has 3 rings (SSSR count). The number of hydrogen-bond acceptors (Lipinski definition) is 3. The largest absolute Gasteiger partial charge is 0.382 e. The standard InChI is InChI=1S/C16H17Cl2N3O/c17-14-10-19-21(16(22)15(14)18)13-8-6-12(7-9-13)20-11-4-2-1-3-5-11/h1-5,10,12-13,20H,6-9H2. The Labute approximate surface area is 139 Å². The Morgan fingerprint density at radius 1 is 1.09 bits per heavy atom. The van der Waals surface area contributed by atoms with Crippen LogP contribution in [0.3, 0.4) is 0 Å². The molecule has 0 saturated heterocycles. The molecule has 0 radical (unpaired) electrons. The molecule has 1 aromatic carbocycles. The summed E-state index contributed by atoms with van der Waals surface area (Å²) in [5.41, 5.74) is 0.837. The zero-order valence-corrected chi connectivity index (χ0v) is 13.5. The van der Waals surface area contributed by atoms with E-state index >= 15 is 0 Å². The lowest BCUT2D eigenvalue weighted by atomic mass is 9.91. The predicted molar refractivity (Wildman–Crippen MR) is 89.9 cm³/mol. The molecule has 0 bridgehead atoms. The fourth-order valence-corrected chi connectivity index (χ4v) is 3.18. The molecule has 0 aliphatic heterocycles. The van der Waals surface area contributed by atoms with Crippen LogP contribution in [0.1, 0.15) is 31.7 Å². The minimum absolute atomic E-state index is 0.0567. The van der Waals surface area contributed by atoms with Gasteiger partial charge in [0.1, 0.15) is 5.02 Å². The van der Waals surface area contributed by atoms with Crippen LogP contribution in [0.15, 0.2) is 41.3 Å². The number of rotatable bonds is 3. The van der Waals surface area contributed by atoms with E-state index in [0.29, 0.717) is 6.04 Å². The van der Waals surface area contributed by atoms with Crippen LogP contribution in [0.4, 0.5) is 5.69 Å². The van der Waals surface area contributed by atoms with Gasteiger partial charge in [-0.2, -0.15) is 5.10 Å². The average Bonchev–Trinajstić information content (AvgIpc) is 2.55. The highest BCUT2D eigenvalue weighted by molar-refractivity contribution is 6.41. The van der Waals surface area contributed by atoms with Crippen LogP contribution in [0.5, 0.6) is 0 Å². The molecule has 1 N–H and O–H groups in total. The molecule has 0 amide bonds. The van der Waals surface area contributed by atoms with Crippen molar-refractivity contribution in [3.8, 4) is 0 Å². The third-order valence-electron chi connectivity index (χ3n) is 4.09. The second-order valence-electron chi connectivity index (χ2n) is 5.57. The van der Waals surface area contributed by atoms with Crippen molar-refractivity contribution in [2.24, 2.45) is 0 Å². The first-order chi connectivity index (χ1) is 10.6. The van der Waals surface area contributed by atoms with Crippen LogP contribution in [0, 0.1) is 0 Å². The SMILES string of the molecule is O=c1c(Cl)c(Cl)cnn1C1CCC(Nc2ccccc2)CC1. The molecule has 1 heterocycles. The third-order valence-corrected chi connectivity index (χ3v) is 4.84. The Balaban J connectivity index is 1.65. The van der Waals surface area contributed by atoms with Gasteiger partial charge >= 0.3 is 0 Å². The van der Waals surface area contributed by atoms with Gasteiger partial charge in [0.2, 0.25) is 0 Å². The molecule has 1 fully saturated rings. The summed E-state index contributed by atoms with van der Waals surface area (Å²) in [7, 11) is 0. The fraction of sp³-hybridized carbons (Fsp3) is 0.375. The normalized spacial score (nSPS) is 21.5. The summed E-state index contributed by atoms with van der Waals surface area (Å²) < 4.78 is 1.48. The van der Waals surface area contributed by atoms with E-state index < -0.39 is 0 Å². The monoisotopic (exact) mass is 337 g/mol. The van der Waals surface area contributed by atoms with Crippen molar-refractivity contribution in [1.29, 1.82) is 0 Å². The highest BCUT2D eigenvalue weighted by Gasteiger charge is 2.24. The van der Waals surface area contributed by atoms with E-state index in [1.165, 1.54) is 10.9 Å². The second-order valence-corrected chi connectivity index (χ2v) is 6.36. The van der Waals surface area contributed by atoms with Crippen LogP contribution in [0.25, 0.3) is 0 Å². The van der Waals surface area contributed by atoms with Crippen molar-refractivity contribution < 1.29 is 0 Å². The van der Waals surface area contributed by atoms with E-state index in [0.717, 1.165) is 31.4 Å². The highest BCUT2D eigenvalue weighted by Crippen LogP contribution is 2.29. The Bertz CT molecular complexity index is 694. The molecule has 22 heavy (non-hydrogen) atoms. The van der Waals surface area contributed by atoms with Crippen molar-refractivity contribution in [1.82, 2.24) is 9.78 Å². The summed E-state index contributed by atoms with van der Waals surface area (Å²) in [6.45, 7) is 0. The van der Waals surface area contributed by atoms with Crippen LogP contribution in [0.2, 0.25) is 10.0 Å². The molecule has 1 aromatic heterocycles. The molecular formula is C16H17Cl2N3O. The third kappa shape index (κ3) is 3.28. The van der Waals surface area contributed by atoms with Crippen molar-refractivity contribution in [3.63, 3.8) is 0 Å². The maximum absolute atomic E-state index is 12.1. The maximum Gasteiger partial charge on any atom is 0.287 e. The minimum Gasteiger partial charge on any atom is -0.382 e. The van der Waals surface area contributed by atoms with Crippen LogP contribution in [-0.2, 0) is 0 Å². The maximum atomic E-state index is 12.1. The number of aromatic nitrogens is 2. The Kier molecular flexibility index (Phi) is 4.69. The van der Waals surface area contributed by atoms with Gasteiger partial charge in [-0.05, 0) is 37.8 Å². The van der Waals surface area contributed by atoms with Gasteiger partial charge in [0.15, 0.2) is 0 Å². The van der Waals surface area contributed by atoms with Gasteiger partial charge in [-0.3, -0.25) is 4.79 Å². The van der Waals surface area contributed by atoms with E-state index in [9.17, 15) is 4.79 Å². The zero-order chi connectivity index (χ0) is 15.5. The second kappa shape index (κ2) is 6.71. The Hall–Kier alpha value is -1.52. The Morgan fingerprint density at radius 3 is 2.45 bits per heavy atom. The van der Waals surface area contributed by atoms with Gasteiger partial charge in [0, 0.05) is 11.7 Å². The van der Waals surface area contributed by atoms with Gasteiger partial charge < -0.3 is 5.32 Å². The summed E-state index contributed by atoms with van der Waals surface area (Å²) in [6, 6.07) is 10.7. The first-order valence-corrected chi connectivity index (χ1v) is 8.15. The summed E-state index contributed by atoms with van der Waals surface area (Å²) in [6.07, 6.45) is 5.23. The molecule has 0 atom stereocenters. The fourth-order valence-electron chi connectivity index (χ4n) is 2.92. The van der Waals surface area contributed by atoms with Crippen LogP contribution < -0.4 is 10.9 Å². The molecular weight excluding hydrogens is 321 g/mol. The molecule has 2 aromatic rings. The van der Waals surface area contributed by atoms with E-state index in [4.69, 9.17) is 23.2 Å². The molecule has 1 aliphatic rings. The number of anilines is 1. The lowest BCUT2D eigenvalue weighted by Crippen LogP contribution is -2.33. The van der Waals surface area contributed by atoms with E-state index in [2.05, 4.69) is 22.5 Å². The van der Waals surface area contributed by atoms with Gasteiger partial charge in [-0.1, -0.05) is 41.4 Å². The smallest absolute Gasteiger partial charge is 0.287 e. The number of para-hydroxylation sites is 1. The lowest BCUT2D eigenvalue weighted by Gasteiger charge is -2.30. The number of benzene rings is 1. The molecule has 1 saturated carbocycles. The van der Waals surface area contributed by atoms with Crippen LogP contribution >= 0.6 is 23.2 Å². The number of nitrogens with zero attached hydrogens (tertiary/aromatic N) is 2. The van der Waals surface area contributed by atoms with Crippen molar-refractivity contribution in [2.75, 3.05) is 5.32 Å². The number of halogens is 2. The Morgan fingerprint density at radius 2 is 1.77 bits per heavy atom. The molecule has 116 valence electrons. The molecule has 0 spiro atoms. The summed E-state index contributed by atoms with van der Waals surface area (Å²) in [5.74, 6) is 0. The number of nitrogens with one attached hydrogen (secondary N) is 1. The first-order valence-electron chi connectivity index (χ1n) is 7.39. The summed E-state index contributed by atoms with van der Waals surface area (Å²) in [4.78, 5) is 12.1. The van der Waals surface area contributed by atoms with E-state index in [-0.39, 0.29) is 21.6 Å². The predicted octanol–water partition coefficient (Wildman–Crippen LogP) is 4.15. The van der Waals surface area contributed by atoms with Gasteiger partial charge in [0.25, 0.3) is 5.56 Å². The topological polar surface area (TPSA) is 46.9 Å². The summed E-state index contributed by atoms with van der Waals surface area (Å²) in [5, 5.41) is 7.94. The van der Waals surface area contributed by atoms with Crippen molar-refractivity contribution >= 4 is 28.9 Å². The molecule has 1 aliphatic carbocycles. The van der Waals surface area contributed by atoms with Gasteiger partial charge in [-0.15, -0.1) is 0 Å². The zero-order valence-electron chi connectivity index (χ0n) is 12.0. The average molecular weight is 338 g/mol. The minimum atomic E-state index is -0.298. The van der Waals surface area contributed by atoms with Crippen LogP contribution in [-0.4, -0.2) is 15.8 Å². The molecule has 4 nitrogen and oxygen atoms in total. The summed E-state index contributed by atoms with van der Waals surface area (Å²) >= 11 is 11.7. The van der Waals surface area contributed by atoms with Gasteiger partial charge in [0.05, 0.1) is 17.3 Å². The number of hydrogen-bond donors (Lipinski definition) is 1.